The second kappa shape index (κ2) is 7.16. The van der Waals surface area contributed by atoms with E-state index in [4.69, 9.17) is 13.9 Å². The zero-order chi connectivity index (χ0) is 19.6. The molecular weight excluding hydrogens is 356 g/mol. The van der Waals surface area contributed by atoms with E-state index in [0.29, 0.717) is 11.1 Å². The van der Waals surface area contributed by atoms with Gasteiger partial charge in [0.1, 0.15) is 22.8 Å². The number of nitro groups is 1. The fourth-order valence-corrected chi connectivity index (χ4v) is 2.49. The summed E-state index contributed by atoms with van der Waals surface area (Å²) in [6.45, 7) is 0. The first-order chi connectivity index (χ1) is 12.9. The number of nitrogens with zero attached hydrogens (tertiary/aromatic N) is 1. The maximum Gasteiger partial charge on any atom is 0.360 e. The highest BCUT2D eigenvalue weighted by molar-refractivity contribution is 6.06. The number of nitrogens with one attached hydrogen (secondary N) is 1. The normalized spacial score (nSPS) is 10.4. The molecule has 3 rings (SSSR count). The second-order valence-corrected chi connectivity index (χ2v) is 5.45. The molecule has 138 valence electrons. The number of hydrogen-bond acceptors (Lipinski definition) is 7. The van der Waals surface area contributed by atoms with Gasteiger partial charge in [0.05, 0.1) is 24.7 Å². The van der Waals surface area contributed by atoms with Crippen LogP contribution < -0.4 is 20.4 Å². The molecule has 9 nitrogen and oxygen atoms in total. The Morgan fingerprint density at radius 2 is 1.89 bits per heavy atom. The smallest absolute Gasteiger partial charge is 0.360 e. The molecule has 0 spiro atoms. The molecule has 0 fully saturated rings. The number of nitro benzene ring substituents is 1. The Morgan fingerprint density at radius 1 is 1.11 bits per heavy atom. The summed E-state index contributed by atoms with van der Waals surface area (Å²) < 4.78 is 15.4. The van der Waals surface area contributed by atoms with Crippen LogP contribution in [0, 0.1) is 10.1 Å². The standard InChI is InChI=1S/C18H14N2O7/c1-25-12-4-6-16(26-2)13(9-12)17(21)19-14-8-10-7-11(20(23)24)3-5-15(10)27-18(14)22/h3-9H,1-2H3,(H,19,21). The monoisotopic (exact) mass is 370 g/mol. The van der Waals surface area contributed by atoms with Crippen molar-refractivity contribution in [2.45, 2.75) is 0 Å². The van der Waals surface area contributed by atoms with Crippen molar-refractivity contribution in [1.82, 2.24) is 0 Å². The van der Waals surface area contributed by atoms with E-state index in [1.165, 1.54) is 44.6 Å². The molecule has 1 aromatic heterocycles. The van der Waals surface area contributed by atoms with Crippen LogP contribution in [0.1, 0.15) is 10.4 Å². The van der Waals surface area contributed by atoms with E-state index >= 15 is 0 Å². The van der Waals surface area contributed by atoms with Crippen molar-refractivity contribution in [1.29, 1.82) is 0 Å². The lowest BCUT2D eigenvalue weighted by atomic mass is 10.1. The summed E-state index contributed by atoms with van der Waals surface area (Å²) in [6.07, 6.45) is 0. The number of rotatable bonds is 5. The Hall–Kier alpha value is -3.88. The minimum Gasteiger partial charge on any atom is -0.497 e. The molecule has 0 saturated carbocycles. The molecule has 0 saturated heterocycles. The second-order valence-electron chi connectivity index (χ2n) is 5.45. The van der Waals surface area contributed by atoms with Gasteiger partial charge in [0.2, 0.25) is 0 Å². The van der Waals surface area contributed by atoms with Crippen molar-refractivity contribution < 1.29 is 23.6 Å². The summed E-state index contributed by atoms with van der Waals surface area (Å²) in [5.74, 6) is 0.0964. The zero-order valence-electron chi connectivity index (χ0n) is 14.3. The Balaban J connectivity index is 2.01. The molecule has 0 radical (unpaired) electrons. The molecule has 27 heavy (non-hydrogen) atoms. The van der Waals surface area contributed by atoms with Crippen LogP contribution in [0.4, 0.5) is 11.4 Å². The van der Waals surface area contributed by atoms with Crippen LogP contribution in [-0.2, 0) is 0 Å². The van der Waals surface area contributed by atoms with Gasteiger partial charge in [0.25, 0.3) is 11.6 Å². The molecule has 1 amide bonds. The number of carbonyl (C=O) groups excluding carboxylic acids is 1. The molecule has 0 atom stereocenters. The average molecular weight is 370 g/mol. The summed E-state index contributed by atoms with van der Waals surface area (Å²) in [5, 5.41) is 13.7. The highest BCUT2D eigenvalue weighted by Gasteiger charge is 2.17. The number of anilines is 1. The third-order valence-electron chi connectivity index (χ3n) is 3.83. The lowest BCUT2D eigenvalue weighted by Crippen LogP contribution is -2.18. The maximum absolute atomic E-state index is 12.6. The third kappa shape index (κ3) is 3.56. The van der Waals surface area contributed by atoms with Gasteiger partial charge in [0.15, 0.2) is 0 Å². The van der Waals surface area contributed by atoms with E-state index in [2.05, 4.69) is 5.32 Å². The van der Waals surface area contributed by atoms with E-state index in [1.54, 1.807) is 12.1 Å². The van der Waals surface area contributed by atoms with Gasteiger partial charge in [-0.05, 0) is 30.3 Å². The van der Waals surface area contributed by atoms with E-state index < -0.39 is 16.5 Å². The SMILES string of the molecule is COc1ccc(OC)c(C(=O)Nc2cc3cc([N+](=O)[O-])ccc3oc2=O)c1. The van der Waals surface area contributed by atoms with Gasteiger partial charge >= 0.3 is 5.63 Å². The van der Waals surface area contributed by atoms with Gasteiger partial charge in [-0.3, -0.25) is 14.9 Å². The number of ether oxygens (including phenoxy) is 2. The molecule has 1 heterocycles. The van der Waals surface area contributed by atoms with E-state index in [-0.39, 0.29) is 28.3 Å². The zero-order valence-corrected chi connectivity index (χ0v) is 14.3. The van der Waals surface area contributed by atoms with Gasteiger partial charge in [-0.2, -0.15) is 0 Å². The fraction of sp³-hybridized carbons (Fsp3) is 0.111. The number of methoxy groups -OCH3 is 2. The summed E-state index contributed by atoms with van der Waals surface area (Å²) in [7, 11) is 2.86. The van der Waals surface area contributed by atoms with Gasteiger partial charge in [-0.25, -0.2) is 4.79 Å². The topological polar surface area (TPSA) is 121 Å². The maximum atomic E-state index is 12.6. The molecule has 0 aliphatic rings. The third-order valence-corrected chi connectivity index (χ3v) is 3.83. The molecule has 0 bridgehead atoms. The van der Waals surface area contributed by atoms with E-state index in [9.17, 15) is 19.7 Å². The van der Waals surface area contributed by atoms with Gasteiger partial charge < -0.3 is 19.2 Å². The van der Waals surface area contributed by atoms with Crippen LogP contribution in [0.2, 0.25) is 0 Å². The molecule has 2 aromatic carbocycles. The molecule has 0 aliphatic carbocycles. The summed E-state index contributed by atoms with van der Waals surface area (Å²) in [5.41, 5.74) is -0.787. The molecular formula is C18H14N2O7. The molecule has 0 unspecified atom stereocenters. The minimum absolute atomic E-state index is 0.149. The number of hydrogen-bond donors (Lipinski definition) is 1. The fourth-order valence-electron chi connectivity index (χ4n) is 2.49. The Kier molecular flexibility index (Phi) is 4.75. The van der Waals surface area contributed by atoms with Gasteiger partial charge in [-0.15, -0.1) is 0 Å². The van der Waals surface area contributed by atoms with Crippen molar-refractivity contribution in [3.05, 3.63) is 68.6 Å². The van der Waals surface area contributed by atoms with E-state index in [0.717, 1.165) is 0 Å². The molecule has 9 heteroatoms. The van der Waals surface area contributed by atoms with Crippen molar-refractivity contribution in [3.8, 4) is 11.5 Å². The number of benzene rings is 2. The lowest BCUT2D eigenvalue weighted by Gasteiger charge is -2.10. The number of non-ortho nitro benzene ring substituents is 1. The van der Waals surface area contributed by atoms with Crippen LogP contribution in [0.5, 0.6) is 11.5 Å². The first-order valence-electron chi connectivity index (χ1n) is 7.68. The van der Waals surface area contributed by atoms with Crippen LogP contribution in [-0.4, -0.2) is 25.1 Å². The summed E-state index contributed by atoms with van der Waals surface area (Å²) in [4.78, 5) is 35.1. The highest BCUT2D eigenvalue weighted by atomic mass is 16.6. The average Bonchev–Trinajstić information content (AvgIpc) is 2.67. The number of fused-ring (bicyclic) bond motifs is 1. The van der Waals surface area contributed by atoms with Crippen molar-refractivity contribution in [3.63, 3.8) is 0 Å². The molecule has 1 N–H and O–H groups in total. The predicted molar refractivity (Wildman–Crippen MR) is 96.6 cm³/mol. The first kappa shape index (κ1) is 17.9. The van der Waals surface area contributed by atoms with Crippen LogP contribution in [0.25, 0.3) is 11.0 Å². The Morgan fingerprint density at radius 3 is 2.56 bits per heavy atom. The van der Waals surface area contributed by atoms with Crippen molar-refractivity contribution >= 4 is 28.3 Å². The predicted octanol–water partition coefficient (Wildman–Crippen LogP) is 2.97. The summed E-state index contributed by atoms with van der Waals surface area (Å²) >= 11 is 0. The highest BCUT2D eigenvalue weighted by Crippen LogP contribution is 2.26. The van der Waals surface area contributed by atoms with Gasteiger partial charge in [0, 0.05) is 17.5 Å². The molecule has 0 aliphatic heterocycles. The van der Waals surface area contributed by atoms with Gasteiger partial charge in [-0.1, -0.05) is 0 Å². The minimum atomic E-state index is -0.786. The van der Waals surface area contributed by atoms with E-state index in [1.807, 2.05) is 0 Å². The number of carbonyl (C=O) groups is 1. The number of amides is 1. The quantitative estimate of drug-likeness (QED) is 0.416. The largest absolute Gasteiger partial charge is 0.497 e. The van der Waals surface area contributed by atoms with Crippen LogP contribution in [0.3, 0.4) is 0 Å². The Bertz CT molecular complexity index is 1100. The first-order valence-corrected chi connectivity index (χ1v) is 7.68. The van der Waals surface area contributed by atoms with Crippen molar-refractivity contribution in [2.75, 3.05) is 19.5 Å². The van der Waals surface area contributed by atoms with Crippen molar-refractivity contribution in [2.24, 2.45) is 0 Å². The summed E-state index contributed by atoms with van der Waals surface area (Å²) in [6, 6.07) is 9.76. The lowest BCUT2D eigenvalue weighted by molar-refractivity contribution is -0.384. The van der Waals surface area contributed by atoms with Crippen LogP contribution in [0.15, 0.2) is 51.7 Å². The van der Waals surface area contributed by atoms with Crippen LogP contribution >= 0.6 is 0 Å². The molecule has 3 aromatic rings. The Labute approximate surface area is 152 Å².